The Morgan fingerprint density at radius 1 is 1.43 bits per heavy atom. The Hall–Kier alpha value is -2.97. The molecule has 0 saturated carbocycles. The minimum Gasteiger partial charge on any atom is -0.471 e. The number of carbonyl (C=O) groups excluding carboxylic acids is 1. The molecule has 1 amide bonds. The average molecular weight is 318 g/mol. The van der Waals surface area contributed by atoms with Crippen LogP contribution in [0.5, 0.6) is 5.88 Å². The van der Waals surface area contributed by atoms with Gasteiger partial charge in [0.1, 0.15) is 11.0 Å². The third-order valence-electron chi connectivity index (χ3n) is 3.47. The minimum absolute atomic E-state index is 0.0446. The largest absolute Gasteiger partial charge is 0.471 e. The fourth-order valence-corrected chi connectivity index (χ4v) is 2.43. The Morgan fingerprint density at radius 2 is 2.30 bits per heavy atom. The van der Waals surface area contributed by atoms with Crippen LogP contribution >= 0.6 is 0 Å². The molecule has 23 heavy (non-hydrogen) atoms. The number of furan rings is 1. The molecule has 3 heterocycles. The van der Waals surface area contributed by atoms with Gasteiger partial charge in [-0.3, -0.25) is 19.9 Å². The molecule has 1 fully saturated rings. The summed E-state index contributed by atoms with van der Waals surface area (Å²) in [7, 11) is 0. The van der Waals surface area contributed by atoms with Gasteiger partial charge in [0.05, 0.1) is 18.8 Å². The van der Waals surface area contributed by atoms with Crippen molar-refractivity contribution in [3.63, 3.8) is 0 Å². The van der Waals surface area contributed by atoms with E-state index >= 15 is 0 Å². The van der Waals surface area contributed by atoms with Gasteiger partial charge in [0.15, 0.2) is 5.76 Å². The summed E-state index contributed by atoms with van der Waals surface area (Å²) in [4.78, 5) is 31.8. The Bertz CT molecular complexity index is 702. The third kappa shape index (κ3) is 3.44. The van der Waals surface area contributed by atoms with Gasteiger partial charge in [-0.15, -0.1) is 0 Å². The van der Waals surface area contributed by atoms with Crippen LogP contribution in [0.1, 0.15) is 23.4 Å². The Balaban J connectivity index is 1.65. The maximum absolute atomic E-state index is 12.4. The second kappa shape index (κ2) is 6.42. The normalized spacial score (nSPS) is 17.7. The first-order valence-electron chi connectivity index (χ1n) is 7.09. The Labute approximate surface area is 131 Å². The summed E-state index contributed by atoms with van der Waals surface area (Å²) in [5, 5.41) is 10.6. The molecule has 9 nitrogen and oxygen atoms in total. The SMILES string of the molecule is O=C(c1ccc([N+](=O)[O-])o1)N1CCCC(Oc2cnccn2)C1. The molecule has 0 spiro atoms. The van der Waals surface area contributed by atoms with Crippen molar-refractivity contribution in [1.29, 1.82) is 0 Å². The highest BCUT2D eigenvalue weighted by molar-refractivity contribution is 5.91. The van der Waals surface area contributed by atoms with Crippen molar-refractivity contribution < 1.29 is 18.9 Å². The smallest absolute Gasteiger partial charge is 0.433 e. The number of hydrogen-bond donors (Lipinski definition) is 0. The highest BCUT2D eigenvalue weighted by Gasteiger charge is 2.28. The van der Waals surface area contributed by atoms with Gasteiger partial charge >= 0.3 is 5.88 Å². The number of piperidine rings is 1. The van der Waals surface area contributed by atoms with E-state index in [0.29, 0.717) is 19.0 Å². The summed E-state index contributed by atoms with van der Waals surface area (Å²) < 4.78 is 10.7. The standard InChI is InChI=1S/C14H14N4O5/c19-14(11-3-4-13(23-11)18(20)21)17-7-1-2-10(9-17)22-12-8-15-5-6-16-12/h3-6,8,10H,1-2,7,9H2. The number of nitro groups is 1. The van der Waals surface area contributed by atoms with Crippen molar-refractivity contribution in [2.24, 2.45) is 0 Å². The lowest BCUT2D eigenvalue weighted by Gasteiger charge is -2.31. The maximum Gasteiger partial charge on any atom is 0.433 e. The van der Waals surface area contributed by atoms with Gasteiger partial charge in [0, 0.05) is 18.9 Å². The minimum atomic E-state index is -0.674. The molecule has 120 valence electrons. The summed E-state index contributed by atoms with van der Waals surface area (Å²) >= 11 is 0. The molecule has 0 bridgehead atoms. The van der Waals surface area contributed by atoms with Crippen molar-refractivity contribution in [1.82, 2.24) is 14.9 Å². The molecule has 0 aromatic carbocycles. The molecule has 1 atom stereocenters. The van der Waals surface area contributed by atoms with Crippen molar-refractivity contribution in [2.75, 3.05) is 13.1 Å². The summed E-state index contributed by atoms with van der Waals surface area (Å²) in [6.07, 6.45) is 5.94. The van der Waals surface area contributed by atoms with Crippen molar-refractivity contribution >= 4 is 11.8 Å². The van der Waals surface area contributed by atoms with Gasteiger partial charge in [0.2, 0.25) is 5.88 Å². The van der Waals surface area contributed by atoms with Crippen LogP contribution in [0.3, 0.4) is 0 Å². The van der Waals surface area contributed by atoms with Crippen LogP contribution in [-0.2, 0) is 0 Å². The molecule has 2 aromatic heterocycles. The van der Waals surface area contributed by atoms with Crippen LogP contribution in [0.15, 0.2) is 35.1 Å². The second-order valence-electron chi connectivity index (χ2n) is 5.07. The highest BCUT2D eigenvalue weighted by atomic mass is 16.6. The number of nitrogens with zero attached hydrogens (tertiary/aromatic N) is 4. The number of hydrogen-bond acceptors (Lipinski definition) is 7. The summed E-state index contributed by atoms with van der Waals surface area (Å²) in [5.41, 5.74) is 0. The van der Waals surface area contributed by atoms with Gasteiger partial charge in [-0.05, 0) is 18.9 Å². The molecular weight excluding hydrogens is 304 g/mol. The molecule has 0 radical (unpaired) electrons. The predicted molar refractivity (Wildman–Crippen MR) is 76.9 cm³/mol. The van der Waals surface area contributed by atoms with Gasteiger partial charge in [-0.1, -0.05) is 0 Å². The molecule has 2 aromatic rings. The molecular formula is C14H14N4O5. The first-order chi connectivity index (χ1) is 11.1. The van der Waals surface area contributed by atoms with Crippen LogP contribution < -0.4 is 4.74 Å². The van der Waals surface area contributed by atoms with Crippen LogP contribution in [0.25, 0.3) is 0 Å². The number of carbonyl (C=O) groups is 1. The number of aromatic nitrogens is 2. The van der Waals surface area contributed by atoms with E-state index in [2.05, 4.69) is 9.97 Å². The molecule has 0 N–H and O–H groups in total. The molecule has 9 heteroatoms. The first-order valence-corrected chi connectivity index (χ1v) is 7.09. The maximum atomic E-state index is 12.4. The van der Waals surface area contributed by atoms with Crippen LogP contribution in [-0.4, -0.2) is 44.9 Å². The van der Waals surface area contributed by atoms with Gasteiger partial charge in [0.25, 0.3) is 5.91 Å². The number of ether oxygens (including phenoxy) is 1. The monoisotopic (exact) mass is 318 g/mol. The van der Waals surface area contributed by atoms with E-state index < -0.39 is 10.8 Å². The van der Waals surface area contributed by atoms with Crippen molar-refractivity contribution in [3.05, 3.63) is 46.6 Å². The molecule has 1 aliphatic rings. The first kappa shape index (κ1) is 14.9. The van der Waals surface area contributed by atoms with Crippen molar-refractivity contribution in [2.45, 2.75) is 18.9 Å². The Kier molecular flexibility index (Phi) is 4.18. The summed E-state index contributed by atoms with van der Waals surface area (Å²) in [6.45, 7) is 0.914. The number of rotatable bonds is 4. The lowest BCUT2D eigenvalue weighted by Crippen LogP contribution is -2.44. The number of likely N-dealkylation sites (tertiary alicyclic amines) is 1. The summed E-state index contributed by atoms with van der Waals surface area (Å²) in [5.74, 6) is -0.472. The fourth-order valence-electron chi connectivity index (χ4n) is 2.43. The van der Waals surface area contributed by atoms with Gasteiger partial charge < -0.3 is 14.1 Å². The van der Waals surface area contributed by atoms with E-state index in [0.717, 1.165) is 12.8 Å². The van der Waals surface area contributed by atoms with Crippen LogP contribution in [0, 0.1) is 10.1 Å². The molecule has 1 aliphatic heterocycles. The number of amides is 1. The highest BCUT2D eigenvalue weighted by Crippen LogP contribution is 2.21. The average Bonchev–Trinajstić information content (AvgIpc) is 3.06. The zero-order valence-electron chi connectivity index (χ0n) is 12.1. The Morgan fingerprint density at radius 3 is 3.00 bits per heavy atom. The topological polar surface area (TPSA) is 112 Å². The van der Waals surface area contributed by atoms with E-state index in [-0.39, 0.29) is 17.8 Å². The van der Waals surface area contributed by atoms with Crippen LogP contribution in [0.4, 0.5) is 5.88 Å². The van der Waals surface area contributed by atoms with E-state index in [1.165, 1.54) is 24.5 Å². The summed E-state index contributed by atoms with van der Waals surface area (Å²) in [6, 6.07) is 2.48. The van der Waals surface area contributed by atoms with E-state index in [4.69, 9.17) is 9.15 Å². The van der Waals surface area contributed by atoms with Gasteiger partial charge in [-0.25, -0.2) is 4.98 Å². The predicted octanol–water partition coefficient (Wildman–Crippen LogP) is 1.66. The molecule has 1 unspecified atom stereocenters. The van der Waals surface area contributed by atoms with Crippen molar-refractivity contribution in [3.8, 4) is 5.88 Å². The molecule has 0 aliphatic carbocycles. The molecule has 1 saturated heterocycles. The van der Waals surface area contributed by atoms with E-state index in [1.807, 2.05) is 0 Å². The lowest BCUT2D eigenvalue weighted by molar-refractivity contribution is -0.402. The zero-order valence-corrected chi connectivity index (χ0v) is 12.1. The fraction of sp³-hybridized carbons (Fsp3) is 0.357. The quantitative estimate of drug-likeness (QED) is 0.622. The second-order valence-corrected chi connectivity index (χ2v) is 5.07. The zero-order chi connectivity index (χ0) is 16.2. The van der Waals surface area contributed by atoms with E-state index in [9.17, 15) is 14.9 Å². The third-order valence-corrected chi connectivity index (χ3v) is 3.47. The van der Waals surface area contributed by atoms with Crippen LogP contribution in [0.2, 0.25) is 0 Å². The molecule has 3 rings (SSSR count). The van der Waals surface area contributed by atoms with E-state index in [1.54, 1.807) is 11.1 Å². The lowest BCUT2D eigenvalue weighted by atomic mass is 10.1. The van der Waals surface area contributed by atoms with Gasteiger partial charge in [-0.2, -0.15) is 0 Å².